The molecule has 3 aromatic rings. The van der Waals surface area contributed by atoms with Crippen molar-refractivity contribution >= 4 is 23.4 Å². The first-order chi connectivity index (χ1) is 18.1. The van der Waals surface area contributed by atoms with Gasteiger partial charge in [0.05, 0.1) is 30.4 Å². The van der Waals surface area contributed by atoms with Gasteiger partial charge < -0.3 is 19.5 Å². The van der Waals surface area contributed by atoms with Gasteiger partial charge in [-0.1, -0.05) is 42.0 Å². The summed E-state index contributed by atoms with van der Waals surface area (Å²) in [5.74, 6) is -1.47. The normalized spacial score (nSPS) is 16.7. The van der Waals surface area contributed by atoms with Crippen molar-refractivity contribution in [2.24, 2.45) is 0 Å². The second-order valence-corrected chi connectivity index (χ2v) is 9.68. The first-order valence-electron chi connectivity index (χ1n) is 12.4. The number of ether oxygens (including phenoxy) is 2. The number of ketones is 1. The third-order valence-corrected chi connectivity index (χ3v) is 6.45. The average Bonchev–Trinajstić information content (AvgIpc) is 3.13. The van der Waals surface area contributed by atoms with Crippen LogP contribution in [0.2, 0.25) is 0 Å². The number of likely N-dealkylation sites (tertiary alicyclic amines) is 1. The molecule has 1 aliphatic heterocycles. The second-order valence-electron chi connectivity index (χ2n) is 9.68. The molecule has 4 rings (SSSR count). The first-order valence-corrected chi connectivity index (χ1v) is 12.4. The molecule has 1 heterocycles. The summed E-state index contributed by atoms with van der Waals surface area (Å²) >= 11 is 0. The molecule has 0 spiro atoms. The predicted octanol–water partition coefficient (Wildman–Crippen LogP) is 5.50. The molecule has 1 N–H and O–H groups in total. The highest BCUT2D eigenvalue weighted by Crippen LogP contribution is 2.41. The number of amides is 1. The Labute approximate surface area is 222 Å². The summed E-state index contributed by atoms with van der Waals surface area (Å²) in [7, 11) is 1.56. The van der Waals surface area contributed by atoms with Gasteiger partial charge in [-0.25, -0.2) is 4.79 Å². The lowest BCUT2D eigenvalue weighted by Gasteiger charge is -2.26. The van der Waals surface area contributed by atoms with Crippen molar-refractivity contribution in [3.8, 4) is 5.75 Å². The van der Waals surface area contributed by atoms with Gasteiger partial charge in [-0.05, 0) is 74.7 Å². The van der Waals surface area contributed by atoms with Crippen molar-refractivity contribution in [2.45, 2.75) is 46.4 Å². The number of benzene rings is 3. The maximum Gasteiger partial charge on any atom is 0.338 e. The number of hydrogen-bond donors (Lipinski definition) is 1. The maximum absolute atomic E-state index is 13.3. The number of carbonyl (C=O) groups is 3. The van der Waals surface area contributed by atoms with Gasteiger partial charge in [0.25, 0.3) is 11.7 Å². The van der Waals surface area contributed by atoms with Gasteiger partial charge >= 0.3 is 5.97 Å². The number of carbonyl (C=O) groups excluding carboxylic acids is 3. The van der Waals surface area contributed by atoms with Crippen molar-refractivity contribution in [1.82, 2.24) is 4.90 Å². The molecule has 0 saturated carbocycles. The molecule has 1 saturated heterocycles. The number of esters is 1. The molecule has 7 heteroatoms. The molecule has 3 aromatic carbocycles. The van der Waals surface area contributed by atoms with Crippen molar-refractivity contribution in [1.29, 1.82) is 0 Å². The van der Waals surface area contributed by atoms with Crippen molar-refractivity contribution in [2.75, 3.05) is 7.11 Å². The quantitative estimate of drug-likeness (QED) is 0.194. The molecule has 1 atom stereocenters. The van der Waals surface area contributed by atoms with Crippen LogP contribution in [0.3, 0.4) is 0 Å². The van der Waals surface area contributed by atoms with Gasteiger partial charge in [0.15, 0.2) is 0 Å². The number of hydrogen-bond acceptors (Lipinski definition) is 6. The van der Waals surface area contributed by atoms with E-state index in [0.29, 0.717) is 22.4 Å². The third kappa shape index (κ3) is 5.32. The van der Waals surface area contributed by atoms with E-state index < -0.39 is 23.7 Å². The van der Waals surface area contributed by atoms with E-state index in [1.165, 1.54) is 4.90 Å². The molecular weight excluding hydrogens is 482 g/mol. The van der Waals surface area contributed by atoms with Crippen LogP contribution in [0, 0.1) is 13.8 Å². The van der Waals surface area contributed by atoms with Gasteiger partial charge in [0.2, 0.25) is 0 Å². The summed E-state index contributed by atoms with van der Waals surface area (Å²) in [6, 6.07) is 18.6. The van der Waals surface area contributed by atoms with Crippen LogP contribution in [0.15, 0.2) is 72.3 Å². The van der Waals surface area contributed by atoms with E-state index in [1.54, 1.807) is 63.4 Å². The third-order valence-electron chi connectivity index (χ3n) is 6.45. The summed E-state index contributed by atoms with van der Waals surface area (Å²) < 4.78 is 10.6. The van der Waals surface area contributed by atoms with Crippen molar-refractivity contribution < 1.29 is 29.0 Å². The number of aliphatic hydroxyl groups excluding tert-OH is 1. The molecule has 0 aromatic heterocycles. The number of aliphatic hydroxyl groups is 1. The van der Waals surface area contributed by atoms with Crippen molar-refractivity contribution in [3.05, 3.63) is 106 Å². The van der Waals surface area contributed by atoms with Crippen LogP contribution < -0.4 is 4.74 Å². The molecule has 0 bridgehead atoms. The predicted molar refractivity (Wildman–Crippen MR) is 144 cm³/mol. The standard InChI is InChI=1S/C31H31NO6/c1-18(2)38-31(36)22-11-9-21(10-12-22)17-32-27(23-8-6-7-19(3)15-23)26(29(34)30(32)35)28(33)24-13-14-25(37-5)20(4)16-24/h6-16,18,27,33H,17H2,1-5H3/b28-26-. The molecule has 196 valence electrons. The molecule has 1 unspecified atom stereocenters. The Morgan fingerprint density at radius 3 is 2.26 bits per heavy atom. The first kappa shape index (κ1) is 26.7. The van der Waals surface area contributed by atoms with Crippen LogP contribution in [-0.2, 0) is 20.9 Å². The summed E-state index contributed by atoms with van der Waals surface area (Å²) in [4.78, 5) is 40.4. The Balaban J connectivity index is 1.76. The number of methoxy groups -OCH3 is 1. The molecule has 1 amide bonds. The smallest absolute Gasteiger partial charge is 0.338 e. The number of aryl methyl sites for hydroxylation is 2. The molecule has 38 heavy (non-hydrogen) atoms. The van der Waals surface area contributed by atoms with E-state index in [-0.39, 0.29) is 24.0 Å². The molecule has 1 aliphatic rings. The van der Waals surface area contributed by atoms with E-state index in [0.717, 1.165) is 16.7 Å². The summed E-state index contributed by atoms with van der Waals surface area (Å²) in [5, 5.41) is 11.3. The SMILES string of the molecule is COc1ccc(/C(O)=C2/C(=O)C(=O)N(Cc3ccc(C(=O)OC(C)C)cc3)C2c2cccc(C)c2)cc1C. The lowest BCUT2D eigenvalue weighted by molar-refractivity contribution is -0.140. The fourth-order valence-corrected chi connectivity index (χ4v) is 4.64. The second kappa shape index (κ2) is 10.9. The molecule has 0 aliphatic carbocycles. The Morgan fingerprint density at radius 2 is 1.66 bits per heavy atom. The average molecular weight is 514 g/mol. The van der Waals surface area contributed by atoms with Gasteiger partial charge in [-0.15, -0.1) is 0 Å². The lowest BCUT2D eigenvalue weighted by Crippen LogP contribution is -2.29. The van der Waals surface area contributed by atoms with Crippen LogP contribution in [0.25, 0.3) is 5.76 Å². The van der Waals surface area contributed by atoms with Crippen molar-refractivity contribution in [3.63, 3.8) is 0 Å². The maximum atomic E-state index is 13.3. The van der Waals surface area contributed by atoms with Gasteiger partial charge in [0.1, 0.15) is 11.5 Å². The highest BCUT2D eigenvalue weighted by atomic mass is 16.5. The van der Waals surface area contributed by atoms with E-state index in [4.69, 9.17) is 9.47 Å². The van der Waals surface area contributed by atoms with Crippen LogP contribution in [0.1, 0.15) is 58.1 Å². The Hall–Kier alpha value is -4.39. The minimum atomic E-state index is -0.789. The molecule has 7 nitrogen and oxygen atoms in total. The summed E-state index contributed by atoms with van der Waals surface area (Å²) in [6.07, 6.45) is -0.238. The van der Waals surface area contributed by atoms with Crippen LogP contribution >= 0.6 is 0 Å². The fraction of sp³-hybridized carbons (Fsp3) is 0.258. The zero-order valence-corrected chi connectivity index (χ0v) is 22.1. The van der Waals surface area contributed by atoms with E-state index in [2.05, 4.69) is 0 Å². The van der Waals surface area contributed by atoms with E-state index >= 15 is 0 Å². The number of nitrogens with zero attached hydrogens (tertiary/aromatic N) is 1. The Kier molecular flexibility index (Phi) is 7.67. The number of rotatable bonds is 7. The van der Waals surface area contributed by atoms with E-state index in [1.807, 2.05) is 38.1 Å². The monoisotopic (exact) mass is 513 g/mol. The fourth-order valence-electron chi connectivity index (χ4n) is 4.64. The zero-order valence-electron chi connectivity index (χ0n) is 22.1. The highest BCUT2D eigenvalue weighted by molar-refractivity contribution is 6.46. The zero-order chi connectivity index (χ0) is 27.6. The minimum Gasteiger partial charge on any atom is -0.507 e. The van der Waals surface area contributed by atoms with Gasteiger partial charge in [-0.3, -0.25) is 9.59 Å². The minimum absolute atomic E-state index is 0.0299. The van der Waals surface area contributed by atoms with E-state index in [9.17, 15) is 19.5 Å². The van der Waals surface area contributed by atoms with Crippen LogP contribution in [0.4, 0.5) is 0 Å². The van der Waals surface area contributed by atoms with Gasteiger partial charge in [-0.2, -0.15) is 0 Å². The van der Waals surface area contributed by atoms with Crippen LogP contribution in [-0.4, -0.2) is 40.9 Å². The lowest BCUT2D eigenvalue weighted by atomic mass is 9.94. The molecule has 0 radical (unpaired) electrons. The van der Waals surface area contributed by atoms with Gasteiger partial charge in [0, 0.05) is 12.1 Å². The van der Waals surface area contributed by atoms with Crippen LogP contribution in [0.5, 0.6) is 5.75 Å². The Morgan fingerprint density at radius 1 is 0.974 bits per heavy atom. The summed E-state index contributed by atoms with van der Waals surface area (Å²) in [6.45, 7) is 7.44. The molecular formula is C31H31NO6. The number of Topliss-reactive ketones (excluding diaryl/α,β-unsaturated/α-hetero) is 1. The molecule has 1 fully saturated rings. The highest BCUT2D eigenvalue weighted by Gasteiger charge is 2.46. The topological polar surface area (TPSA) is 93.1 Å². The largest absolute Gasteiger partial charge is 0.507 e. The summed E-state index contributed by atoms with van der Waals surface area (Å²) in [5.41, 5.74) is 4.04. The Bertz CT molecular complexity index is 1420.